The van der Waals surface area contributed by atoms with E-state index in [-0.39, 0.29) is 6.54 Å². The first-order valence-electron chi connectivity index (χ1n) is 3.32. The van der Waals surface area contributed by atoms with Crippen LogP contribution in [0.15, 0.2) is 0 Å². The van der Waals surface area contributed by atoms with Crippen molar-refractivity contribution in [2.45, 2.75) is 12.5 Å². The molecule has 13 heavy (non-hydrogen) atoms. The maximum absolute atomic E-state index is 11.6. The summed E-state index contributed by atoms with van der Waals surface area (Å²) in [5.41, 5.74) is 0. The van der Waals surface area contributed by atoms with Gasteiger partial charge in [0.15, 0.2) is 6.29 Å². The molecule has 0 aromatic heterocycles. The molecule has 0 saturated heterocycles. The van der Waals surface area contributed by atoms with Crippen LogP contribution in [0.1, 0.15) is 0 Å². The van der Waals surface area contributed by atoms with E-state index in [4.69, 9.17) is 0 Å². The molecule has 1 N–H and O–H groups in total. The van der Waals surface area contributed by atoms with Crippen LogP contribution in [0.25, 0.3) is 0 Å². The maximum Gasteiger partial charge on any atom is 0.471 e. The van der Waals surface area contributed by atoms with Crippen LogP contribution in [0.5, 0.6) is 0 Å². The molecule has 0 saturated carbocycles. The molecule has 0 aromatic rings. The molecule has 0 heterocycles. The summed E-state index contributed by atoms with van der Waals surface area (Å²) >= 11 is 0. The number of amides is 1. The summed E-state index contributed by atoms with van der Waals surface area (Å²) in [5.74, 6) is -2.01. The van der Waals surface area contributed by atoms with E-state index < -0.39 is 18.4 Å². The van der Waals surface area contributed by atoms with E-state index in [1.165, 1.54) is 14.2 Å². The number of nitrogens with one attached hydrogen (secondary N) is 1. The topological polar surface area (TPSA) is 47.6 Å². The molecule has 0 spiro atoms. The number of hydrogen-bond acceptors (Lipinski definition) is 3. The maximum atomic E-state index is 11.6. The molecule has 0 atom stereocenters. The Morgan fingerprint density at radius 2 is 1.85 bits per heavy atom. The van der Waals surface area contributed by atoms with Gasteiger partial charge in [-0.15, -0.1) is 0 Å². The van der Waals surface area contributed by atoms with Crippen LogP contribution >= 0.6 is 0 Å². The number of halogens is 3. The lowest BCUT2D eigenvalue weighted by atomic mass is 10.5. The van der Waals surface area contributed by atoms with Gasteiger partial charge in [0.2, 0.25) is 0 Å². The SMILES string of the molecule is COC(CNC(=O)C(F)(F)F)OC. The zero-order valence-corrected chi connectivity index (χ0v) is 7.14. The fourth-order valence-electron chi connectivity index (χ4n) is 0.539. The number of rotatable bonds is 4. The zero-order valence-electron chi connectivity index (χ0n) is 7.14. The Morgan fingerprint density at radius 1 is 1.38 bits per heavy atom. The minimum Gasteiger partial charge on any atom is -0.354 e. The van der Waals surface area contributed by atoms with Gasteiger partial charge in [0.05, 0.1) is 6.54 Å². The van der Waals surface area contributed by atoms with Crippen LogP contribution in [0.3, 0.4) is 0 Å². The molecule has 4 nitrogen and oxygen atoms in total. The van der Waals surface area contributed by atoms with E-state index in [1.54, 1.807) is 5.32 Å². The highest BCUT2D eigenvalue weighted by Gasteiger charge is 2.38. The van der Waals surface area contributed by atoms with Crippen molar-refractivity contribution in [1.82, 2.24) is 5.32 Å². The highest BCUT2D eigenvalue weighted by Crippen LogP contribution is 2.13. The van der Waals surface area contributed by atoms with Gasteiger partial charge >= 0.3 is 12.1 Å². The van der Waals surface area contributed by atoms with Gasteiger partial charge in [-0.25, -0.2) is 0 Å². The van der Waals surface area contributed by atoms with Crippen molar-refractivity contribution < 1.29 is 27.4 Å². The molecular weight excluding hydrogens is 191 g/mol. The van der Waals surface area contributed by atoms with Crippen molar-refractivity contribution in [1.29, 1.82) is 0 Å². The molecule has 0 aliphatic rings. The molecular formula is C6H10F3NO3. The Balaban J connectivity index is 3.82. The summed E-state index contributed by atoms with van der Waals surface area (Å²) < 4.78 is 44.0. The van der Waals surface area contributed by atoms with Gasteiger partial charge in [-0.05, 0) is 0 Å². The number of carbonyl (C=O) groups excluding carboxylic acids is 1. The summed E-state index contributed by atoms with van der Waals surface area (Å²) in [5, 5.41) is 1.61. The van der Waals surface area contributed by atoms with E-state index in [0.717, 1.165) is 0 Å². The third kappa shape index (κ3) is 4.69. The molecule has 0 aliphatic heterocycles. The Morgan fingerprint density at radius 3 is 2.15 bits per heavy atom. The summed E-state index contributed by atoms with van der Waals surface area (Å²) in [4.78, 5) is 10.3. The van der Waals surface area contributed by atoms with Crippen LogP contribution < -0.4 is 5.32 Å². The zero-order chi connectivity index (χ0) is 10.5. The fourth-order valence-corrected chi connectivity index (χ4v) is 0.539. The molecule has 78 valence electrons. The number of ether oxygens (including phenoxy) is 2. The van der Waals surface area contributed by atoms with Gasteiger partial charge in [-0.3, -0.25) is 4.79 Å². The van der Waals surface area contributed by atoms with Crippen molar-refractivity contribution >= 4 is 5.91 Å². The molecule has 1 amide bonds. The quantitative estimate of drug-likeness (QED) is 0.665. The number of hydrogen-bond donors (Lipinski definition) is 1. The highest BCUT2D eigenvalue weighted by atomic mass is 19.4. The van der Waals surface area contributed by atoms with Crippen molar-refractivity contribution in [3.8, 4) is 0 Å². The van der Waals surface area contributed by atoms with E-state index in [1.807, 2.05) is 0 Å². The third-order valence-electron chi connectivity index (χ3n) is 1.21. The normalized spacial score (nSPS) is 11.8. The van der Waals surface area contributed by atoms with Crippen LogP contribution in [0, 0.1) is 0 Å². The summed E-state index contributed by atoms with van der Waals surface area (Å²) in [6.07, 6.45) is -5.74. The monoisotopic (exact) mass is 201 g/mol. The Labute approximate surface area is 73.0 Å². The van der Waals surface area contributed by atoms with Gasteiger partial charge in [0.1, 0.15) is 0 Å². The van der Waals surface area contributed by atoms with Gasteiger partial charge in [0, 0.05) is 14.2 Å². The van der Waals surface area contributed by atoms with Gasteiger partial charge in [-0.2, -0.15) is 13.2 Å². The minimum absolute atomic E-state index is 0.342. The second-order valence-corrected chi connectivity index (χ2v) is 2.11. The van der Waals surface area contributed by atoms with Crippen molar-refractivity contribution in [2.24, 2.45) is 0 Å². The number of carbonyl (C=O) groups is 1. The van der Waals surface area contributed by atoms with Gasteiger partial charge in [0.25, 0.3) is 0 Å². The molecule has 0 radical (unpaired) electrons. The largest absolute Gasteiger partial charge is 0.471 e. The Kier molecular flexibility index (Phi) is 4.71. The summed E-state index contributed by atoms with van der Waals surface area (Å²) in [6, 6.07) is 0. The summed E-state index contributed by atoms with van der Waals surface area (Å²) in [7, 11) is 2.52. The van der Waals surface area contributed by atoms with Crippen LogP contribution in [0.2, 0.25) is 0 Å². The average Bonchev–Trinajstić information content (AvgIpc) is 2.04. The van der Waals surface area contributed by atoms with Crippen molar-refractivity contribution in [3.05, 3.63) is 0 Å². The smallest absolute Gasteiger partial charge is 0.354 e. The van der Waals surface area contributed by atoms with Gasteiger partial charge < -0.3 is 14.8 Å². The minimum atomic E-state index is -4.87. The fraction of sp³-hybridized carbons (Fsp3) is 0.833. The summed E-state index contributed by atoms with van der Waals surface area (Å²) in [6.45, 7) is -0.342. The Hall–Kier alpha value is -0.820. The number of alkyl halides is 3. The first-order chi connectivity index (χ1) is 5.91. The van der Waals surface area contributed by atoms with E-state index in [9.17, 15) is 18.0 Å². The lowest BCUT2D eigenvalue weighted by molar-refractivity contribution is -0.176. The highest BCUT2D eigenvalue weighted by molar-refractivity contribution is 5.81. The predicted octanol–water partition coefficient (Wildman–Crippen LogP) is 0.284. The molecule has 0 rings (SSSR count). The van der Waals surface area contributed by atoms with Crippen LogP contribution in [0.4, 0.5) is 13.2 Å². The second kappa shape index (κ2) is 5.03. The lowest BCUT2D eigenvalue weighted by Crippen LogP contribution is -2.41. The second-order valence-electron chi connectivity index (χ2n) is 2.11. The Bertz CT molecular complexity index is 167. The molecule has 0 unspecified atom stereocenters. The first-order valence-corrected chi connectivity index (χ1v) is 3.32. The van der Waals surface area contributed by atoms with Crippen molar-refractivity contribution in [3.63, 3.8) is 0 Å². The molecule has 0 aromatic carbocycles. The molecule has 0 fully saturated rings. The van der Waals surface area contributed by atoms with Crippen molar-refractivity contribution in [2.75, 3.05) is 20.8 Å². The third-order valence-corrected chi connectivity index (χ3v) is 1.21. The van der Waals surface area contributed by atoms with E-state index >= 15 is 0 Å². The standard InChI is InChI=1S/C6H10F3NO3/c1-12-4(13-2)3-10-5(11)6(7,8)9/h4H,3H2,1-2H3,(H,10,11). The lowest BCUT2D eigenvalue weighted by Gasteiger charge is -2.14. The van der Waals surface area contributed by atoms with Gasteiger partial charge in [-0.1, -0.05) is 0 Å². The average molecular weight is 201 g/mol. The van der Waals surface area contributed by atoms with E-state index in [2.05, 4.69) is 9.47 Å². The van der Waals surface area contributed by atoms with Crippen LogP contribution in [-0.2, 0) is 14.3 Å². The van der Waals surface area contributed by atoms with Crippen LogP contribution in [-0.4, -0.2) is 39.1 Å². The van der Waals surface area contributed by atoms with E-state index in [0.29, 0.717) is 0 Å². The first kappa shape index (κ1) is 12.2. The molecule has 7 heteroatoms. The molecule has 0 bridgehead atoms. The predicted molar refractivity (Wildman–Crippen MR) is 36.9 cm³/mol. The number of methoxy groups -OCH3 is 2. The molecule has 0 aliphatic carbocycles.